The van der Waals surface area contributed by atoms with Crippen molar-refractivity contribution in [2.24, 2.45) is 5.73 Å². The van der Waals surface area contributed by atoms with Crippen molar-refractivity contribution in [1.29, 1.82) is 5.41 Å². The van der Waals surface area contributed by atoms with Gasteiger partial charge in [-0.2, -0.15) is 0 Å². The second-order valence-corrected chi connectivity index (χ2v) is 7.52. The number of primary amides is 1. The van der Waals surface area contributed by atoms with Crippen LogP contribution in [0.5, 0.6) is 17.2 Å². The molecule has 0 aliphatic rings. The Morgan fingerprint density at radius 2 is 1.50 bits per heavy atom. The minimum atomic E-state index is -0.563. The molecule has 0 spiro atoms. The van der Waals surface area contributed by atoms with Gasteiger partial charge in [-0.1, -0.05) is 41.9 Å². The third-order valence-electron chi connectivity index (χ3n) is 4.76. The molecule has 34 heavy (non-hydrogen) atoms. The van der Waals surface area contributed by atoms with Crippen molar-refractivity contribution in [2.75, 3.05) is 5.32 Å². The largest absolute Gasteiger partial charge is 0.508 e. The number of rotatable bonds is 4. The van der Waals surface area contributed by atoms with E-state index in [9.17, 15) is 19.8 Å². The summed E-state index contributed by atoms with van der Waals surface area (Å²) in [6, 6.07) is 18.7. The zero-order valence-corrected chi connectivity index (χ0v) is 18.4. The average molecular weight is 478 g/mol. The molecule has 9 heteroatoms. The second-order valence-electron chi connectivity index (χ2n) is 7.11. The van der Waals surface area contributed by atoms with Crippen molar-refractivity contribution in [3.8, 4) is 17.2 Å². The highest BCUT2D eigenvalue weighted by molar-refractivity contribution is 6.32. The normalized spacial score (nSPS) is 10.1. The van der Waals surface area contributed by atoms with Crippen LogP contribution in [0.4, 0.5) is 5.69 Å². The van der Waals surface area contributed by atoms with E-state index in [1.807, 2.05) is 24.3 Å². The van der Waals surface area contributed by atoms with Crippen LogP contribution in [0.15, 0.2) is 72.8 Å². The van der Waals surface area contributed by atoms with Crippen LogP contribution < -0.4 is 11.1 Å². The highest BCUT2D eigenvalue weighted by Gasteiger charge is 2.11. The number of hydrogen-bond acceptors (Lipinski definition) is 6. The van der Waals surface area contributed by atoms with E-state index >= 15 is 0 Å². The lowest BCUT2D eigenvalue weighted by molar-refractivity contribution is 0.0997. The van der Waals surface area contributed by atoms with Gasteiger partial charge in [0.05, 0.1) is 5.02 Å². The van der Waals surface area contributed by atoms with E-state index in [4.69, 9.17) is 27.9 Å². The van der Waals surface area contributed by atoms with Gasteiger partial charge in [0.1, 0.15) is 17.2 Å². The zero-order valence-electron chi connectivity index (χ0n) is 17.6. The molecular formula is C25H20ClN3O5. The molecule has 2 amide bonds. The predicted octanol–water partition coefficient (Wildman–Crippen LogP) is 4.65. The molecule has 0 unspecified atom stereocenters. The molecule has 0 aliphatic carbocycles. The maximum absolute atomic E-state index is 12.3. The first-order valence-electron chi connectivity index (χ1n) is 9.84. The summed E-state index contributed by atoms with van der Waals surface area (Å²) in [4.78, 5) is 22.9. The van der Waals surface area contributed by atoms with Crippen molar-refractivity contribution in [2.45, 2.75) is 0 Å². The Balaban J connectivity index is 0.000000248. The molecule has 7 N–H and O–H groups in total. The number of amides is 2. The molecule has 0 aliphatic heterocycles. The van der Waals surface area contributed by atoms with Gasteiger partial charge in [-0.05, 0) is 47.3 Å². The van der Waals surface area contributed by atoms with Crippen LogP contribution in [0.3, 0.4) is 0 Å². The van der Waals surface area contributed by atoms with E-state index in [0.717, 1.165) is 22.4 Å². The minimum Gasteiger partial charge on any atom is -0.508 e. The predicted molar refractivity (Wildman–Crippen MR) is 131 cm³/mol. The van der Waals surface area contributed by atoms with Gasteiger partial charge < -0.3 is 31.8 Å². The minimum absolute atomic E-state index is 0.0586. The Morgan fingerprint density at radius 3 is 2.09 bits per heavy atom. The highest BCUT2D eigenvalue weighted by atomic mass is 35.5. The van der Waals surface area contributed by atoms with E-state index in [1.165, 1.54) is 36.5 Å². The molecule has 4 rings (SSSR count). The fourth-order valence-electron chi connectivity index (χ4n) is 3.14. The van der Waals surface area contributed by atoms with E-state index in [0.29, 0.717) is 5.69 Å². The molecule has 0 atom stereocenters. The number of fused-ring (bicyclic) bond motifs is 1. The van der Waals surface area contributed by atoms with Crippen LogP contribution in [0, 0.1) is 5.41 Å². The fraction of sp³-hybridized carbons (Fsp3) is 0. The number of halogens is 1. The smallest absolute Gasteiger partial charge is 0.255 e. The standard InChI is InChI=1S/C18H14N2O3.C7H6ClNO2/c19-10-11-5-6-17(16-4-2-1-3-15(11)16)20-18(23)12-7-13(21)9-14(22)8-12;8-5-3-4(7(9)11)1-2-6(5)10/h1-10,19,21-22H,(H,20,23);1-3,10H,(H2,9,11). The zero-order chi connectivity index (χ0) is 24.8. The second kappa shape index (κ2) is 10.4. The number of carbonyl (C=O) groups is 2. The number of anilines is 1. The van der Waals surface area contributed by atoms with Crippen LogP contribution >= 0.6 is 11.6 Å². The number of phenols is 3. The molecule has 0 heterocycles. The topological polar surface area (TPSA) is 157 Å². The summed E-state index contributed by atoms with van der Waals surface area (Å²) in [6.07, 6.45) is 1.27. The van der Waals surface area contributed by atoms with Gasteiger partial charge in [0, 0.05) is 34.5 Å². The molecule has 0 saturated carbocycles. The lowest BCUT2D eigenvalue weighted by atomic mass is 10.0. The van der Waals surface area contributed by atoms with Crippen LogP contribution in [0.2, 0.25) is 5.02 Å². The van der Waals surface area contributed by atoms with Crippen LogP contribution in [-0.4, -0.2) is 33.3 Å². The molecule has 4 aromatic carbocycles. The number of benzene rings is 4. The number of nitrogens with two attached hydrogens (primary N) is 1. The van der Waals surface area contributed by atoms with Crippen molar-refractivity contribution in [1.82, 2.24) is 0 Å². The third-order valence-corrected chi connectivity index (χ3v) is 5.06. The number of hydrogen-bond donors (Lipinski definition) is 6. The molecule has 0 aromatic heterocycles. The van der Waals surface area contributed by atoms with E-state index in [-0.39, 0.29) is 33.4 Å². The molecular weight excluding hydrogens is 458 g/mol. The Morgan fingerprint density at radius 1 is 0.853 bits per heavy atom. The molecule has 0 saturated heterocycles. The molecule has 0 radical (unpaired) electrons. The molecule has 0 bridgehead atoms. The number of phenolic OH excluding ortho intramolecular Hbond substituents is 3. The maximum atomic E-state index is 12.3. The quantitative estimate of drug-likeness (QED) is 0.236. The lowest BCUT2D eigenvalue weighted by Crippen LogP contribution is -2.12. The summed E-state index contributed by atoms with van der Waals surface area (Å²) in [7, 11) is 0. The highest BCUT2D eigenvalue weighted by Crippen LogP contribution is 2.27. The Labute approximate surface area is 199 Å². The summed E-state index contributed by atoms with van der Waals surface area (Å²) in [5.41, 5.74) is 6.75. The molecule has 8 nitrogen and oxygen atoms in total. The fourth-order valence-corrected chi connectivity index (χ4v) is 3.32. The Bertz CT molecular complexity index is 1380. The number of nitrogens with one attached hydrogen (secondary N) is 2. The SMILES string of the molecule is N=Cc1ccc(NC(=O)c2cc(O)cc(O)c2)c2ccccc12.NC(=O)c1ccc(O)c(Cl)c1. The maximum Gasteiger partial charge on any atom is 0.255 e. The third kappa shape index (κ3) is 5.62. The van der Waals surface area contributed by atoms with Gasteiger partial charge in [-0.3, -0.25) is 9.59 Å². The van der Waals surface area contributed by atoms with Crippen LogP contribution in [0.1, 0.15) is 26.3 Å². The summed E-state index contributed by atoms with van der Waals surface area (Å²) in [5, 5.41) is 39.9. The lowest BCUT2D eigenvalue weighted by Gasteiger charge is -2.11. The van der Waals surface area contributed by atoms with Gasteiger partial charge in [-0.15, -0.1) is 0 Å². The average Bonchev–Trinajstić information content (AvgIpc) is 2.80. The summed E-state index contributed by atoms with van der Waals surface area (Å²) in [5.74, 6) is -1.43. The van der Waals surface area contributed by atoms with Gasteiger partial charge in [0.25, 0.3) is 5.91 Å². The van der Waals surface area contributed by atoms with Gasteiger partial charge >= 0.3 is 0 Å². The van der Waals surface area contributed by atoms with Crippen LogP contribution in [0.25, 0.3) is 10.8 Å². The molecule has 172 valence electrons. The van der Waals surface area contributed by atoms with Crippen molar-refractivity contribution >= 4 is 46.1 Å². The monoisotopic (exact) mass is 477 g/mol. The molecule has 0 fully saturated rings. The van der Waals surface area contributed by atoms with Crippen molar-refractivity contribution in [3.05, 3.63) is 94.5 Å². The first kappa shape index (κ1) is 24.1. The first-order valence-corrected chi connectivity index (χ1v) is 10.2. The Hall–Kier alpha value is -4.56. The van der Waals surface area contributed by atoms with E-state index in [2.05, 4.69) is 5.32 Å². The van der Waals surface area contributed by atoms with Gasteiger partial charge in [0.15, 0.2) is 0 Å². The first-order chi connectivity index (χ1) is 16.2. The summed E-state index contributed by atoms with van der Waals surface area (Å²) in [6.45, 7) is 0. The van der Waals surface area contributed by atoms with Crippen molar-refractivity contribution in [3.63, 3.8) is 0 Å². The number of carbonyl (C=O) groups excluding carboxylic acids is 2. The van der Waals surface area contributed by atoms with Crippen molar-refractivity contribution < 1.29 is 24.9 Å². The van der Waals surface area contributed by atoms with Gasteiger partial charge in [0.2, 0.25) is 5.91 Å². The van der Waals surface area contributed by atoms with E-state index in [1.54, 1.807) is 12.1 Å². The Kier molecular flexibility index (Phi) is 7.35. The van der Waals surface area contributed by atoms with E-state index < -0.39 is 11.8 Å². The molecule has 4 aromatic rings. The van der Waals surface area contributed by atoms with Gasteiger partial charge in [-0.25, -0.2) is 0 Å². The summed E-state index contributed by atoms with van der Waals surface area (Å²) < 4.78 is 0. The number of aromatic hydroxyl groups is 3. The van der Waals surface area contributed by atoms with Crippen LogP contribution in [-0.2, 0) is 0 Å². The summed E-state index contributed by atoms with van der Waals surface area (Å²) >= 11 is 5.50.